The van der Waals surface area contributed by atoms with E-state index in [1.165, 1.54) is 10.5 Å². The number of hydrogen-bond acceptors (Lipinski definition) is 2. The Morgan fingerprint density at radius 2 is 1.53 bits per heavy atom. The molecule has 0 aliphatic carbocycles. The molecule has 0 spiro atoms. The molecule has 0 radical (unpaired) electrons. The van der Waals surface area contributed by atoms with Crippen LogP contribution in [0.25, 0.3) is 0 Å². The fourth-order valence-electron chi connectivity index (χ4n) is 0.883. The van der Waals surface area contributed by atoms with Crippen molar-refractivity contribution in [3.63, 3.8) is 0 Å². The zero-order valence-electron chi connectivity index (χ0n) is 11.2. The van der Waals surface area contributed by atoms with E-state index in [4.69, 9.17) is 0 Å². The maximum atomic E-state index is 2.19. The molecule has 1 aromatic carbocycles. The molecule has 1 rings (SSSR count). The van der Waals surface area contributed by atoms with Crippen LogP contribution in [0, 0.1) is 6.92 Å². The molecule has 1 nitrogen and oxygen atoms in total. The van der Waals surface area contributed by atoms with E-state index in [0.717, 1.165) is 0 Å². The van der Waals surface area contributed by atoms with Crippen LogP contribution in [0.15, 0.2) is 29.2 Å². The van der Waals surface area contributed by atoms with Gasteiger partial charge in [0.2, 0.25) is 0 Å². The molecular formula is C13H25NS. The Labute approximate surface area is 100 Å². The monoisotopic (exact) mass is 227 g/mol. The minimum absolute atomic E-state index is 1.30. The summed E-state index contributed by atoms with van der Waals surface area (Å²) in [4.78, 5) is 1.30. The summed E-state index contributed by atoms with van der Waals surface area (Å²) in [5.41, 5.74) is 1.32. The Hall–Kier alpha value is -0.470. The third-order valence-electron chi connectivity index (χ3n) is 1.28. The quantitative estimate of drug-likeness (QED) is 0.678. The molecule has 0 aliphatic heterocycles. The molecule has 0 atom stereocenters. The van der Waals surface area contributed by atoms with Crippen molar-refractivity contribution < 1.29 is 0 Å². The smallest absolute Gasteiger partial charge is 0.0232 e. The van der Waals surface area contributed by atoms with Gasteiger partial charge in [0.1, 0.15) is 0 Å². The largest absolute Gasteiger partial charge is 0.253 e. The van der Waals surface area contributed by atoms with Gasteiger partial charge >= 0.3 is 0 Å². The van der Waals surface area contributed by atoms with E-state index in [1.54, 1.807) is 11.9 Å². The average molecular weight is 227 g/mol. The molecule has 0 aliphatic rings. The van der Waals surface area contributed by atoms with Gasteiger partial charge in [-0.3, -0.25) is 4.31 Å². The van der Waals surface area contributed by atoms with Gasteiger partial charge in [0, 0.05) is 4.90 Å². The molecule has 0 saturated heterocycles. The summed E-state index contributed by atoms with van der Waals surface area (Å²) in [6.07, 6.45) is 0. The topological polar surface area (TPSA) is 3.24 Å². The molecule has 0 aromatic heterocycles. The van der Waals surface area contributed by atoms with Crippen LogP contribution in [0.2, 0.25) is 0 Å². The predicted molar refractivity (Wildman–Crippen MR) is 73.4 cm³/mol. The standard InChI is InChI=1S/C9H13NS.2C2H6/c1-8-5-4-6-9(7-8)11-10(2)3;2*1-2/h4-7H,1-3H3;2*1-2H3. The van der Waals surface area contributed by atoms with Crippen LogP contribution in [-0.2, 0) is 0 Å². The van der Waals surface area contributed by atoms with E-state index in [-0.39, 0.29) is 0 Å². The average Bonchev–Trinajstić information content (AvgIpc) is 2.23. The Bertz CT molecular complexity index is 234. The minimum atomic E-state index is 1.30. The lowest BCUT2D eigenvalue weighted by molar-refractivity contribution is 0.702. The van der Waals surface area contributed by atoms with Gasteiger partial charge in [-0.2, -0.15) is 0 Å². The Morgan fingerprint density at radius 1 is 1.00 bits per heavy atom. The van der Waals surface area contributed by atoms with Crippen LogP contribution in [0.5, 0.6) is 0 Å². The zero-order chi connectivity index (χ0) is 12.3. The summed E-state index contributed by atoms with van der Waals surface area (Å²) in [6, 6.07) is 8.50. The fraction of sp³-hybridized carbons (Fsp3) is 0.538. The maximum Gasteiger partial charge on any atom is 0.0232 e. The van der Waals surface area contributed by atoms with Crippen LogP contribution < -0.4 is 0 Å². The molecule has 15 heavy (non-hydrogen) atoms. The maximum absolute atomic E-state index is 2.19. The van der Waals surface area contributed by atoms with E-state index in [0.29, 0.717) is 0 Å². The van der Waals surface area contributed by atoms with Crippen molar-refractivity contribution in [1.29, 1.82) is 0 Å². The molecule has 0 amide bonds. The highest BCUT2D eigenvalue weighted by atomic mass is 32.2. The van der Waals surface area contributed by atoms with Gasteiger partial charge in [0.15, 0.2) is 0 Å². The molecule has 0 heterocycles. The van der Waals surface area contributed by atoms with Crippen molar-refractivity contribution in [3.05, 3.63) is 29.8 Å². The van der Waals surface area contributed by atoms with Crippen molar-refractivity contribution >= 4 is 11.9 Å². The third-order valence-corrected chi connectivity index (χ3v) is 2.11. The SMILES string of the molecule is CC.CC.Cc1cccc(SN(C)C)c1. The molecule has 0 N–H and O–H groups in total. The molecular weight excluding hydrogens is 202 g/mol. The molecule has 0 saturated carbocycles. The minimum Gasteiger partial charge on any atom is -0.253 e. The molecule has 0 unspecified atom stereocenters. The Kier molecular flexibility index (Phi) is 13.1. The van der Waals surface area contributed by atoms with Crippen LogP contribution in [-0.4, -0.2) is 18.4 Å². The van der Waals surface area contributed by atoms with Gasteiger partial charge in [-0.1, -0.05) is 39.8 Å². The first-order valence-electron chi connectivity index (χ1n) is 5.60. The van der Waals surface area contributed by atoms with E-state index in [1.807, 2.05) is 41.8 Å². The second-order valence-corrected chi connectivity index (χ2v) is 4.10. The lowest BCUT2D eigenvalue weighted by Crippen LogP contribution is -1.98. The number of benzene rings is 1. The van der Waals surface area contributed by atoms with Crippen molar-refractivity contribution in [1.82, 2.24) is 4.31 Å². The summed E-state index contributed by atoms with van der Waals surface area (Å²) in [6.45, 7) is 10.1. The second kappa shape index (κ2) is 11.6. The van der Waals surface area contributed by atoms with Gasteiger partial charge in [-0.25, -0.2) is 0 Å². The molecule has 0 fully saturated rings. The van der Waals surface area contributed by atoms with Crippen LogP contribution in [0.4, 0.5) is 0 Å². The van der Waals surface area contributed by atoms with Gasteiger partial charge < -0.3 is 0 Å². The normalized spacial score (nSPS) is 8.53. The highest BCUT2D eigenvalue weighted by Crippen LogP contribution is 2.19. The zero-order valence-corrected chi connectivity index (χ0v) is 12.0. The number of rotatable bonds is 2. The Morgan fingerprint density at radius 3 is 1.93 bits per heavy atom. The van der Waals surface area contributed by atoms with Gasteiger partial charge in [0.25, 0.3) is 0 Å². The summed E-state index contributed by atoms with van der Waals surface area (Å²) in [5.74, 6) is 0. The fourth-order valence-corrected chi connectivity index (χ4v) is 1.68. The first kappa shape index (κ1) is 16.9. The third kappa shape index (κ3) is 9.83. The van der Waals surface area contributed by atoms with Gasteiger partial charge in [-0.15, -0.1) is 0 Å². The first-order valence-corrected chi connectivity index (χ1v) is 6.38. The van der Waals surface area contributed by atoms with Crippen LogP contribution in [0.3, 0.4) is 0 Å². The molecule has 1 aromatic rings. The lowest BCUT2D eigenvalue weighted by Gasteiger charge is -2.07. The van der Waals surface area contributed by atoms with Crippen LogP contribution in [0.1, 0.15) is 33.3 Å². The first-order chi connectivity index (χ1) is 7.18. The van der Waals surface area contributed by atoms with E-state index in [9.17, 15) is 0 Å². The van der Waals surface area contributed by atoms with E-state index >= 15 is 0 Å². The summed E-state index contributed by atoms with van der Waals surface area (Å²) in [7, 11) is 4.10. The second-order valence-electron chi connectivity index (χ2n) is 2.72. The van der Waals surface area contributed by atoms with Crippen molar-refractivity contribution in [2.24, 2.45) is 0 Å². The Balaban J connectivity index is 0. The molecule has 0 bridgehead atoms. The molecule has 88 valence electrons. The van der Waals surface area contributed by atoms with Gasteiger partial charge in [0.05, 0.1) is 0 Å². The van der Waals surface area contributed by atoms with Crippen molar-refractivity contribution in [2.75, 3.05) is 14.1 Å². The van der Waals surface area contributed by atoms with Crippen LogP contribution >= 0.6 is 11.9 Å². The summed E-state index contributed by atoms with van der Waals surface area (Å²) >= 11 is 1.75. The van der Waals surface area contributed by atoms with Crippen molar-refractivity contribution in [2.45, 2.75) is 39.5 Å². The van der Waals surface area contributed by atoms with Gasteiger partial charge in [-0.05, 0) is 50.7 Å². The highest BCUT2D eigenvalue weighted by Gasteiger charge is 1.94. The number of nitrogens with zero attached hydrogens (tertiary/aromatic N) is 1. The van der Waals surface area contributed by atoms with E-state index < -0.39 is 0 Å². The summed E-state index contributed by atoms with van der Waals surface area (Å²) in [5, 5.41) is 0. The summed E-state index contributed by atoms with van der Waals surface area (Å²) < 4.78 is 2.09. The number of aryl methyl sites for hydroxylation is 1. The molecule has 2 heteroatoms. The highest BCUT2D eigenvalue weighted by molar-refractivity contribution is 7.97. The predicted octanol–water partition coefficient (Wildman–Crippen LogP) is 4.62. The number of hydrogen-bond donors (Lipinski definition) is 0. The van der Waals surface area contributed by atoms with Crippen molar-refractivity contribution in [3.8, 4) is 0 Å². The lowest BCUT2D eigenvalue weighted by atomic mass is 10.2. The van der Waals surface area contributed by atoms with E-state index in [2.05, 4.69) is 35.5 Å².